The van der Waals surface area contributed by atoms with E-state index in [1.807, 2.05) is 18.7 Å². The van der Waals surface area contributed by atoms with Crippen LogP contribution in [0.2, 0.25) is 0 Å². The SMILES string of the molecule is CC(Cl)CCCNC(=O)CC1CCSCC1. The lowest BCUT2D eigenvalue weighted by Gasteiger charge is -2.20. The van der Waals surface area contributed by atoms with E-state index in [4.69, 9.17) is 11.6 Å². The minimum atomic E-state index is 0.215. The fraction of sp³-hybridized carbons (Fsp3) is 0.917. The van der Waals surface area contributed by atoms with Crippen LogP contribution in [0.5, 0.6) is 0 Å². The molecule has 0 bridgehead atoms. The Labute approximate surface area is 108 Å². The lowest BCUT2D eigenvalue weighted by molar-refractivity contribution is -0.122. The molecule has 1 rings (SSSR count). The molecule has 0 aromatic heterocycles. The van der Waals surface area contributed by atoms with E-state index >= 15 is 0 Å². The summed E-state index contributed by atoms with van der Waals surface area (Å²) in [5, 5.41) is 3.20. The monoisotopic (exact) mass is 263 g/mol. The average molecular weight is 264 g/mol. The zero-order chi connectivity index (χ0) is 11.8. The van der Waals surface area contributed by atoms with Crippen molar-refractivity contribution in [3.63, 3.8) is 0 Å². The maximum absolute atomic E-state index is 11.6. The van der Waals surface area contributed by atoms with Crippen molar-refractivity contribution in [3.8, 4) is 0 Å². The van der Waals surface area contributed by atoms with Crippen LogP contribution in [0.1, 0.15) is 39.0 Å². The van der Waals surface area contributed by atoms with Gasteiger partial charge in [0.1, 0.15) is 0 Å². The molecule has 0 saturated carbocycles. The van der Waals surface area contributed by atoms with Crippen LogP contribution >= 0.6 is 23.4 Å². The van der Waals surface area contributed by atoms with Crippen LogP contribution in [0.25, 0.3) is 0 Å². The van der Waals surface area contributed by atoms with Crippen molar-refractivity contribution in [1.82, 2.24) is 5.32 Å². The van der Waals surface area contributed by atoms with E-state index in [1.54, 1.807) is 0 Å². The Bertz CT molecular complexity index is 205. The molecule has 1 saturated heterocycles. The van der Waals surface area contributed by atoms with Gasteiger partial charge in [-0.1, -0.05) is 0 Å². The molecule has 1 aliphatic heterocycles. The van der Waals surface area contributed by atoms with Crippen molar-refractivity contribution in [2.75, 3.05) is 18.1 Å². The Kier molecular flexibility index (Phi) is 7.30. The molecule has 1 heterocycles. The number of halogens is 1. The zero-order valence-corrected chi connectivity index (χ0v) is 11.6. The van der Waals surface area contributed by atoms with E-state index < -0.39 is 0 Å². The van der Waals surface area contributed by atoms with Crippen molar-refractivity contribution < 1.29 is 4.79 Å². The molecule has 1 fully saturated rings. The van der Waals surface area contributed by atoms with Crippen molar-refractivity contribution in [1.29, 1.82) is 0 Å². The first kappa shape index (κ1) is 14.2. The molecule has 0 radical (unpaired) electrons. The van der Waals surface area contributed by atoms with Gasteiger partial charge in [-0.3, -0.25) is 4.79 Å². The second kappa shape index (κ2) is 8.24. The maximum Gasteiger partial charge on any atom is 0.220 e. The van der Waals surface area contributed by atoms with Crippen LogP contribution in [-0.4, -0.2) is 29.3 Å². The van der Waals surface area contributed by atoms with Crippen LogP contribution in [-0.2, 0) is 4.79 Å². The van der Waals surface area contributed by atoms with Gasteiger partial charge in [-0.15, -0.1) is 11.6 Å². The van der Waals surface area contributed by atoms with Crippen molar-refractivity contribution in [3.05, 3.63) is 0 Å². The van der Waals surface area contributed by atoms with Crippen LogP contribution in [0, 0.1) is 5.92 Å². The second-order valence-electron chi connectivity index (χ2n) is 4.53. The fourth-order valence-electron chi connectivity index (χ4n) is 1.90. The minimum absolute atomic E-state index is 0.215. The molecule has 1 amide bonds. The number of nitrogens with one attached hydrogen (secondary N) is 1. The van der Waals surface area contributed by atoms with Gasteiger partial charge >= 0.3 is 0 Å². The van der Waals surface area contributed by atoms with Gasteiger partial charge in [0.15, 0.2) is 0 Å². The highest BCUT2D eigenvalue weighted by Crippen LogP contribution is 2.24. The number of thioether (sulfide) groups is 1. The molecule has 94 valence electrons. The number of hydrogen-bond donors (Lipinski definition) is 1. The third kappa shape index (κ3) is 6.64. The number of rotatable bonds is 6. The lowest BCUT2D eigenvalue weighted by atomic mass is 9.98. The minimum Gasteiger partial charge on any atom is -0.356 e. The van der Waals surface area contributed by atoms with Crippen LogP contribution in [0.15, 0.2) is 0 Å². The molecular formula is C12H22ClNOS. The van der Waals surface area contributed by atoms with Gasteiger partial charge in [-0.05, 0) is 50.0 Å². The summed E-state index contributed by atoms with van der Waals surface area (Å²) in [4.78, 5) is 11.6. The van der Waals surface area contributed by atoms with E-state index in [2.05, 4.69) is 5.32 Å². The van der Waals surface area contributed by atoms with Gasteiger partial charge in [-0.2, -0.15) is 11.8 Å². The fourth-order valence-corrected chi connectivity index (χ4v) is 3.25. The van der Waals surface area contributed by atoms with Gasteiger partial charge in [0.05, 0.1) is 0 Å². The molecule has 1 N–H and O–H groups in total. The third-order valence-electron chi connectivity index (χ3n) is 2.92. The topological polar surface area (TPSA) is 29.1 Å². The number of carbonyl (C=O) groups excluding carboxylic acids is 1. The molecule has 4 heteroatoms. The Morgan fingerprint density at radius 3 is 2.81 bits per heavy atom. The Balaban J connectivity index is 2.01. The Morgan fingerprint density at radius 2 is 2.19 bits per heavy atom. The Hall–Kier alpha value is 0.110. The first-order valence-corrected chi connectivity index (χ1v) is 7.76. The van der Waals surface area contributed by atoms with Crippen LogP contribution in [0.4, 0.5) is 0 Å². The standard InChI is InChI=1S/C12H22ClNOS/c1-10(13)3-2-6-14-12(15)9-11-4-7-16-8-5-11/h10-11H,2-9H2,1H3,(H,14,15). The highest BCUT2D eigenvalue weighted by Gasteiger charge is 2.16. The van der Waals surface area contributed by atoms with Crippen molar-refractivity contribution in [2.24, 2.45) is 5.92 Å². The van der Waals surface area contributed by atoms with Gasteiger partial charge in [0.2, 0.25) is 5.91 Å². The van der Waals surface area contributed by atoms with E-state index in [-0.39, 0.29) is 11.3 Å². The highest BCUT2D eigenvalue weighted by molar-refractivity contribution is 7.99. The summed E-state index contributed by atoms with van der Waals surface area (Å²) in [6.07, 6.45) is 5.09. The van der Waals surface area contributed by atoms with Crippen molar-refractivity contribution >= 4 is 29.3 Å². The molecule has 16 heavy (non-hydrogen) atoms. The second-order valence-corrected chi connectivity index (χ2v) is 6.50. The van der Waals surface area contributed by atoms with E-state index in [0.717, 1.165) is 25.8 Å². The normalized spacial score (nSPS) is 19.4. The van der Waals surface area contributed by atoms with E-state index in [1.165, 1.54) is 24.3 Å². The molecule has 1 aliphatic rings. The molecule has 1 unspecified atom stereocenters. The largest absolute Gasteiger partial charge is 0.356 e. The molecule has 0 aromatic rings. The highest BCUT2D eigenvalue weighted by atomic mass is 35.5. The number of hydrogen-bond acceptors (Lipinski definition) is 2. The first-order chi connectivity index (χ1) is 7.68. The Morgan fingerprint density at radius 1 is 1.50 bits per heavy atom. The van der Waals surface area contributed by atoms with Crippen molar-refractivity contribution in [2.45, 2.75) is 44.4 Å². The summed E-state index contributed by atoms with van der Waals surface area (Å²) < 4.78 is 0. The number of alkyl halides is 1. The maximum atomic E-state index is 11.6. The first-order valence-electron chi connectivity index (χ1n) is 6.17. The summed E-state index contributed by atoms with van der Waals surface area (Å²) in [6.45, 7) is 2.76. The van der Waals surface area contributed by atoms with Crippen LogP contribution < -0.4 is 5.32 Å². The van der Waals surface area contributed by atoms with Gasteiger partial charge in [0.25, 0.3) is 0 Å². The number of amides is 1. The van der Waals surface area contributed by atoms with E-state index in [0.29, 0.717) is 5.92 Å². The molecule has 0 aromatic carbocycles. The summed E-state index contributed by atoms with van der Waals surface area (Å²) in [5.74, 6) is 3.29. The zero-order valence-electron chi connectivity index (χ0n) is 10.0. The molecular weight excluding hydrogens is 242 g/mol. The van der Waals surface area contributed by atoms with Gasteiger partial charge < -0.3 is 5.32 Å². The van der Waals surface area contributed by atoms with E-state index in [9.17, 15) is 4.79 Å². The van der Waals surface area contributed by atoms with Crippen LogP contribution in [0.3, 0.4) is 0 Å². The average Bonchev–Trinajstić information content (AvgIpc) is 2.25. The molecule has 1 atom stereocenters. The number of carbonyl (C=O) groups is 1. The molecule has 0 aliphatic carbocycles. The summed E-state index contributed by atoms with van der Waals surface area (Å²) in [6, 6.07) is 0. The predicted molar refractivity (Wildman–Crippen MR) is 72.2 cm³/mol. The third-order valence-corrected chi connectivity index (χ3v) is 4.18. The molecule has 2 nitrogen and oxygen atoms in total. The summed E-state index contributed by atoms with van der Waals surface area (Å²) >= 11 is 7.84. The lowest BCUT2D eigenvalue weighted by Crippen LogP contribution is -2.27. The quantitative estimate of drug-likeness (QED) is 0.590. The summed E-state index contributed by atoms with van der Waals surface area (Å²) in [7, 11) is 0. The molecule has 0 spiro atoms. The van der Waals surface area contributed by atoms with Gasteiger partial charge in [0, 0.05) is 18.3 Å². The smallest absolute Gasteiger partial charge is 0.220 e. The van der Waals surface area contributed by atoms with Gasteiger partial charge in [-0.25, -0.2) is 0 Å². The summed E-state index contributed by atoms with van der Waals surface area (Å²) in [5.41, 5.74) is 0. The predicted octanol–water partition coefficient (Wildman–Crippen LogP) is 3.04.